The molecule has 0 amide bonds. The number of carboxylic acids is 2. The van der Waals surface area contributed by atoms with Crippen LogP contribution in [0.3, 0.4) is 0 Å². The van der Waals surface area contributed by atoms with Crippen molar-refractivity contribution in [3.8, 4) is 11.5 Å². The first-order chi connectivity index (χ1) is 18.1. The maximum absolute atomic E-state index is 10.4. The number of carboxylic acid groups (broad SMARTS) is 2. The predicted molar refractivity (Wildman–Crippen MR) is 152 cm³/mol. The first-order valence-electron chi connectivity index (χ1n) is 13.2. The molecule has 221 valence electrons. The molecule has 2 aromatic rings. The largest absolute Gasteiger partial charge is 2.00 e. The van der Waals surface area contributed by atoms with Crippen LogP contribution < -0.4 is 10.2 Å². The molecular formula is C31H42CoN2O6. The van der Waals surface area contributed by atoms with Gasteiger partial charge in [-0.3, -0.25) is 9.98 Å². The minimum absolute atomic E-state index is 0. The third-order valence-corrected chi connectivity index (χ3v) is 6.26. The summed E-state index contributed by atoms with van der Waals surface area (Å²) < 4.78 is 0. The standard InChI is InChI=1S/C27H36N2O2.2C2H4O2.Co/c1-16(2)20-9-18(5)26(30)22(11-20)14-28-24-7-8-25(13-24)29-15-23-12-21(17(3)4)10-19(6)27(23)31;2*1-2(3)4;/h9-12,14-17,24-25,30-31H,7-8,13H2,1-6H3;2*1H3,(H,3,4);/q;;;+2/p-2. The fraction of sp³-hybridized carbons (Fsp3) is 0.484. The summed E-state index contributed by atoms with van der Waals surface area (Å²) in [6.07, 6.45) is 6.51. The van der Waals surface area contributed by atoms with Gasteiger partial charge in [-0.15, -0.1) is 0 Å². The van der Waals surface area contributed by atoms with E-state index in [0.717, 1.165) is 55.4 Å². The first-order valence-corrected chi connectivity index (χ1v) is 13.2. The van der Waals surface area contributed by atoms with Crippen molar-refractivity contribution < 1.29 is 46.8 Å². The quantitative estimate of drug-likeness (QED) is 0.483. The molecule has 2 aromatic carbocycles. The van der Waals surface area contributed by atoms with E-state index in [1.54, 1.807) is 0 Å². The monoisotopic (exact) mass is 597 g/mol. The summed E-state index contributed by atoms with van der Waals surface area (Å²) in [5, 5.41) is 38.6. The maximum atomic E-state index is 10.4. The fourth-order valence-corrected chi connectivity index (χ4v) is 4.11. The third kappa shape index (κ3) is 12.8. The normalized spacial score (nSPS) is 16.4. The van der Waals surface area contributed by atoms with E-state index in [1.807, 2.05) is 50.5 Å². The van der Waals surface area contributed by atoms with Crippen LogP contribution in [0.4, 0.5) is 0 Å². The van der Waals surface area contributed by atoms with Crippen LogP contribution in [0.25, 0.3) is 0 Å². The number of hydrogen-bond donors (Lipinski definition) is 2. The van der Waals surface area contributed by atoms with Crippen LogP contribution in [0.2, 0.25) is 0 Å². The molecule has 0 heterocycles. The van der Waals surface area contributed by atoms with Gasteiger partial charge in [-0.25, -0.2) is 0 Å². The Morgan fingerprint density at radius 1 is 0.775 bits per heavy atom. The van der Waals surface area contributed by atoms with Gasteiger partial charge in [0, 0.05) is 35.5 Å². The van der Waals surface area contributed by atoms with Gasteiger partial charge in [-0.2, -0.15) is 0 Å². The molecule has 8 nitrogen and oxygen atoms in total. The third-order valence-electron chi connectivity index (χ3n) is 6.26. The van der Waals surface area contributed by atoms with Crippen molar-refractivity contribution in [2.24, 2.45) is 9.98 Å². The minimum atomic E-state index is -1.08. The summed E-state index contributed by atoms with van der Waals surface area (Å²) in [6.45, 7) is 14.4. The maximum Gasteiger partial charge on any atom is 2.00 e. The van der Waals surface area contributed by atoms with Crippen LogP contribution in [-0.4, -0.2) is 46.7 Å². The number of rotatable bonds is 6. The number of aliphatic carboxylic acids is 2. The van der Waals surface area contributed by atoms with E-state index in [4.69, 9.17) is 29.8 Å². The second-order valence-corrected chi connectivity index (χ2v) is 10.5. The number of phenolic OH excluding ortho intramolecular Hbond substituents is 2. The zero-order valence-corrected chi connectivity index (χ0v) is 25.7. The SMILES string of the molecule is CC(=O)[O-].CC(=O)[O-].Cc1cc(C(C)C)cc(C=NC2CCC(N=Cc3cc(C(C)C)cc(C)c3O)C2)c1O.[Co+2]. The molecule has 40 heavy (non-hydrogen) atoms. The molecule has 0 aliphatic heterocycles. The molecule has 1 radical (unpaired) electrons. The molecule has 9 heteroatoms. The van der Waals surface area contributed by atoms with Crippen molar-refractivity contribution >= 4 is 24.4 Å². The summed E-state index contributed by atoms with van der Waals surface area (Å²) in [5.41, 5.74) is 5.79. The number of hydrogen-bond acceptors (Lipinski definition) is 8. The molecule has 1 aliphatic rings. The van der Waals surface area contributed by atoms with Crippen molar-refractivity contribution in [1.29, 1.82) is 0 Å². The Hall–Kier alpha value is -3.17. The van der Waals surface area contributed by atoms with Crippen LogP contribution in [0.15, 0.2) is 34.3 Å². The number of carbonyl (C=O) groups is 2. The Morgan fingerprint density at radius 3 is 1.35 bits per heavy atom. The molecule has 1 saturated carbocycles. The van der Waals surface area contributed by atoms with E-state index >= 15 is 0 Å². The Balaban J connectivity index is 0.00000149. The van der Waals surface area contributed by atoms with Gasteiger partial charge in [0.15, 0.2) is 0 Å². The molecular weight excluding hydrogens is 555 g/mol. The summed E-state index contributed by atoms with van der Waals surface area (Å²) in [6, 6.07) is 8.58. The zero-order chi connectivity index (χ0) is 29.9. The van der Waals surface area contributed by atoms with Gasteiger partial charge in [0.2, 0.25) is 0 Å². The van der Waals surface area contributed by atoms with Gasteiger partial charge in [-0.05, 0) is 93.2 Å². The molecule has 0 spiro atoms. The topological polar surface area (TPSA) is 145 Å². The van der Waals surface area contributed by atoms with Crippen LogP contribution in [0.1, 0.15) is 106 Å². The van der Waals surface area contributed by atoms with Gasteiger partial charge in [0.25, 0.3) is 0 Å². The number of benzene rings is 2. The van der Waals surface area contributed by atoms with E-state index in [-0.39, 0.29) is 28.9 Å². The minimum Gasteiger partial charge on any atom is -0.550 e. The summed E-state index contributed by atoms with van der Waals surface area (Å²) in [7, 11) is 0. The second-order valence-electron chi connectivity index (χ2n) is 10.5. The molecule has 2 N–H and O–H groups in total. The van der Waals surface area contributed by atoms with E-state index in [0.29, 0.717) is 23.3 Å². The van der Waals surface area contributed by atoms with Gasteiger partial charge < -0.3 is 30.0 Å². The van der Waals surface area contributed by atoms with E-state index in [2.05, 4.69) is 27.7 Å². The second kappa shape index (κ2) is 17.5. The Bertz CT molecular complexity index is 1090. The molecule has 0 aromatic heterocycles. The molecule has 1 fully saturated rings. The molecule has 0 saturated heterocycles. The number of aliphatic imine (C=N–C) groups is 2. The summed E-state index contributed by atoms with van der Waals surface area (Å²) in [5.74, 6) is -0.718. The molecule has 3 rings (SSSR count). The smallest absolute Gasteiger partial charge is 0.550 e. The number of nitrogens with zero attached hydrogens (tertiary/aromatic N) is 2. The van der Waals surface area contributed by atoms with Crippen molar-refractivity contribution in [3.05, 3.63) is 57.6 Å². The molecule has 2 unspecified atom stereocenters. The van der Waals surface area contributed by atoms with Crippen molar-refractivity contribution in [2.45, 2.75) is 98.6 Å². The van der Waals surface area contributed by atoms with Crippen molar-refractivity contribution in [3.63, 3.8) is 0 Å². The van der Waals surface area contributed by atoms with Crippen LogP contribution in [0.5, 0.6) is 11.5 Å². The predicted octanol–water partition coefficient (Wildman–Crippen LogP) is 3.93. The van der Waals surface area contributed by atoms with E-state index in [1.165, 1.54) is 11.1 Å². The molecule has 0 bridgehead atoms. The Labute approximate surface area is 248 Å². The Kier molecular flexibility index (Phi) is 16.1. The zero-order valence-electron chi connectivity index (χ0n) is 24.7. The molecule has 2 atom stereocenters. The van der Waals surface area contributed by atoms with Crippen LogP contribution in [-0.2, 0) is 26.4 Å². The van der Waals surface area contributed by atoms with Gasteiger partial charge >= 0.3 is 16.8 Å². The van der Waals surface area contributed by atoms with E-state index in [9.17, 15) is 10.2 Å². The first kappa shape index (κ1) is 36.8. The summed E-state index contributed by atoms with van der Waals surface area (Å²) in [4.78, 5) is 27.3. The fourth-order valence-electron chi connectivity index (χ4n) is 4.11. The van der Waals surface area contributed by atoms with Crippen molar-refractivity contribution in [2.75, 3.05) is 0 Å². The average molecular weight is 598 g/mol. The van der Waals surface area contributed by atoms with Crippen LogP contribution >= 0.6 is 0 Å². The van der Waals surface area contributed by atoms with E-state index < -0.39 is 11.9 Å². The van der Waals surface area contributed by atoms with Gasteiger partial charge in [0.1, 0.15) is 11.5 Å². The van der Waals surface area contributed by atoms with Crippen LogP contribution in [0, 0.1) is 13.8 Å². The average Bonchev–Trinajstić information content (AvgIpc) is 3.27. The van der Waals surface area contributed by atoms with Gasteiger partial charge in [-0.1, -0.05) is 39.8 Å². The number of aromatic hydroxyl groups is 2. The Morgan fingerprint density at radius 2 is 1.07 bits per heavy atom. The summed E-state index contributed by atoms with van der Waals surface area (Å²) >= 11 is 0. The number of phenols is 2. The van der Waals surface area contributed by atoms with Gasteiger partial charge in [0.05, 0.1) is 12.1 Å². The number of carbonyl (C=O) groups excluding carboxylic acids is 2. The van der Waals surface area contributed by atoms with Crippen molar-refractivity contribution in [1.82, 2.24) is 0 Å². The number of aryl methyl sites for hydroxylation is 2. The molecule has 1 aliphatic carbocycles.